The number of hydrogen-bond donors (Lipinski definition) is 0. The summed E-state index contributed by atoms with van der Waals surface area (Å²) < 4.78 is 69.8. The van der Waals surface area contributed by atoms with Crippen molar-refractivity contribution >= 4 is 76.5 Å². The molecule has 0 aromatic rings. The van der Waals surface area contributed by atoms with Gasteiger partial charge in [0, 0.05) is 85.3 Å². The fraction of sp³-hybridized carbons (Fsp3) is 1.00. The van der Waals surface area contributed by atoms with E-state index in [1.807, 2.05) is 13.8 Å². The van der Waals surface area contributed by atoms with E-state index in [4.69, 9.17) is 53.1 Å². The van der Waals surface area contributed by atoms with E-state index in [0.717, 1.165) is 0 Å². The molecule has 0 aromatic heterocycles. The summed E-state index contributed by atoms with van der Waals surface area (Å²) in [6.07, 6.45) is 1.02. The van der Waals surface area contributed by atoms with E-state index in [9.17, 15) is 0 Å². The van der Waals surface area contributed by atoms with Crippen molar-refractivity contribution in [3.63, 3.8) is 0 Å². The summed E-state index contributed by atoms with van der Waals surface area (Å²) in [5.41, 5.74) is 0. The molecule has 0 saturated heterocycles. The van der Waals surface area contributed by atoms with Crippen molar-refractivity contribution in [2.75, 3.05) is 85.3 Å². The zero-order chi connectivity index (χ0) is 29.7. The average molecular weight is 695 g/mol. The Balaban J connectivity index is 6.75. The largest absolute Gasteiger partial charge is 0.522 e. The molecular weight excluding hydrogens is 649 g/mol. The minimum atomic E-state index is -3.44. The fourth-order valence-electron chi connectivity index (χ4n) is 4.69. The van der Waals surface area contributed by atoms with Crippen LogP contribution in [0.2, 0.25) is 0 Å². The lowest BCUT2D eigenvalue weighted by Crippen LogP contribution is -2.77. The summed E-state index contributed by atoms with van der Waals surface area (Å²) in [6, 6.07) is 0. The van der Waals surface area contributed by atoms with Crippen LogP contribution in [0.25, 0.3) is 0 Å². The Kier molecular flexibility index (Phi) is 18.6. The molecule has 0 aliphatic rings. The first kappa shape index (κ1) is 39.8. The zero-order valence-electron chi connectivity index (χ0n) is 24.9. The van der Waals surface area contributed by atoms with Gasteiger partial charge in [0.05, 0.1) is 0 Å². The van der Waals surface area contributed by atoms with Gasteiger partial charge >= 0.3 is 35.2 Å². The first-order valence-corrected chi connectivity index (χ1v) is 23.1. The minimum Gasteiger partial charge on any atom is -0.376 e. The number of hydrogen-bond acceptors (Lipinski definition) is 16. The number of rotatable bonds is 23. The molecular formula is C18H46O12S4Si4. The average Bonchev–Trinajstić information content (AvgIpc) is 2.98. The molecule has 0 aliphatic heterocycles. The van der Waals surface area contributed by atoms with E-state index in [1.165, 1.54) is 41.2 Å². The predicted octanol–water partition coefficient (Wildman–Crippen LogP) is 3.63. The van der Waals surface area contributed by atoms with Gasteiger partial charge in [-0.1, -0.05) is 35.4 Å². The molecule has 0 aliphatic carbocycles. The molecule has 38 heavy (non-hydrogen) atoms. The molecule has 0 aromatic carbocycles. The molecule has 0 saturated carbocycles. The van der Waals surface area contributed by atoms with E-state index in [-0.39, 0.29) is 0 Å². The van der Waals surface area contributed by atoms with Gasteiger partial charge in [-0.2, -0.15) is 0 Å². The van der Waals surface area contributed by atoms with Gasteiger partial charge in [0.1, 0.15) is 0 Å². The predicted molar refractivity (Wildman–Crippen MR) is 164 cm³/mol. The Morgan fingerprint density at radius 3 is 0.632 bits per heavy atom. The van der Waals surface area contributed by atoms with Crippen LogP contribution < -0.4 is 0 Å². The van der Waals surface area contributed by atoms with Gasteiger partial charge in [0.15, 0.2) is 7.99 Å². The van der Waals surface area contributed by atoms with Crippen LogP contribution >= 0.6 is 41.2 Å². The highest BCUT2D eigenvalue weighted by Gasteiger charge is 2.78. The van der Waals surface area contributed by atoms with Crippen LogP contribution in [0.4, 0.5) is 0 Å². The van der Waals surface area contributed by atoms with Crippen molar-refractivity contribution in [1.82, 2.24) is 0 Å². The third-order valence-corrected chi connectivity index (χ3v) is 34.9. The molecule has 0 bridgehead atoms. The molecule has 0 atom stereocenters. The topological polar surface area (TPSA) is 111 Å². The van der Waals surface area contributed by atoms with Gasteiger partial charge in [-0.15, -0.1) is 0 Å². The van der Waals surface area contributed by atoms with Gasteiger partial charge in [-0.3, -0.25) is 0 Å². The second-order valence-corrected chi connectivity index (χ2v) is 28.8. The summed E-state index contributed by atoms with van der Waals surface area (Å²) >= 11 is 0. The van der Waals surface area contributed by atoms with Crippen LogP contribution in [0.3, 0.4) is 0 Å². The quantitative estimate of drug-likeness (QED) is 0.0881. The summed E-state index contributed by atoms with van der Waals surface area (Å²) in [5.74, 6) is 0. The maximum absolute atomic E-state index is 5.97. The lowest BCUT2D eigenvalue weighted by molar-refractivity contribution is 0.0736. The molecule has 0 radical (unpaired) electrons. The maximum Gasteiger partial charge on any atom is 0.522 e. The second kappa shape index (κ2) is 17.8. The van der Waals surface area contributed by atoms with Crippen molar-refractivity contribution in [2.24, 2.45) is 0 Å². The van der Waals surface area contributed by atoms with E-state index >= 15 is 0 Å². The van der Waals surface area contributed by atoms with Crippen molar-refractivity contribution < 1.29 is 53.1 Å². The lowest BCUT2D eigenvalue weighted by atomic mass is 10.6. The summed E-state index contributed by atoms with van der Waals surface area (Å²) in [5, 5.41) is 0. The monoisotopic (exact) mass is 694 g/mol. The minimum absolute atomic E-state index is 0.512. The highest BCUT2D eigenvalue weighted by Crippen LogP contribution is 2.61. The second-order valence-electron chi connectivity index (χ2n) is 7.34. The van der Waals surface area contributed by atoms with Crippen LogP contribution in [0, 0.1) is 0 Å². The highest BCUT2D eigenvalue weighted by atomic mass is 33.7. The van der Waals surface area contributed by atoms with Crippen LogP contribution in [-0.4, -0.2) is 129 Å². The Morgan fingerprint density at radius 2 is 0.526 bits per heavy atom. The fourth-order valence-corrected chi connectivity index (χ4v) is 37.2. The lowest BCUT2D eigenvalue weighted by Gasteiger charge is -2.49. The molecule has 0 heterocycles. The van der Waals surface area contributed by atoms with E-state index < -0.39 is 43.2 Å². The molecule has 0 spiro atoms. The van der Waals surface area contributed by atoms with E-state index in [0.29, 0.717) is 12.8 Å². The van der Waals surface area contributed by atoms with Crippen molar-refractivity contribution in [1.29, 1.82) is 0 Å². The normalized spacial score (nSPS) is 14.4. The molecule has 230 valence electrons. The Morgan fingerprint density at radius 1 is 0.368 bits per heavy atom. The summed E-state index contributed by atoms with van der Waals surface area (Å²) in [4.78, 5) is 0. The van der Waals surface area contributed by atoms with Gasteiger partial charge in [0.25, 0.3) is 0 Å². The third-order valence-electron chi connectivity index (χ3n) is 6.58. The Hall–Kier alpha value is 1.79. The molecule has 0 unspecified atom stereocenters. The summed E-state index contributed by atoms with van der Waals surface area (Å²) in [6.45, 7) is 3.99. The first-order valence-electron chi connectivity index (χ1n) is 11.4. The van der Waals surface area contributed by atoms with Crippen molar-refractivity contribution in [2.45, 2.75) is 34.7 Å². The Labute approximate surface area is 248 Å². The van der Waals surface area contributed by atoms with Crippen LogP contribution in [-0.2, 0) is 53.1 Å². The van der Waals surface area contributed by atoms with Gasteiger partial charge in [-0.25, -0.2) is 0 Å². The van der Waals surface area contributed by atoms with Crippen molar-refractivity contribution in [3.05, 3.63) is 0 Å². The third kappa shape index (κ3) is 6.49. The zero-order valence-corrected chi connectivity index (χ0v) is 32.2. The Bertz CT molecular complexity index is 532. The van der Waals surface area contributed by atoms with E-state index in [2.05, 4.69) is 0 Å². The maximum atomic E-state index is 5.97. The van der Waals surface area contributed by atoms with E-state index in [1.54, 1.807) is 85.3 Å². The van der Waals surface area contributed by atoms with Crippen LogP contribution in [0.15, 0.2) is 0 Å². The van der Waals surface area contributed by atoms with Crippen molar-refractivity contribution in [3.8, 4) is 0 Å². The van der Waals surface area contributed by atoms with Crippen LogP contribution in [0.1, 0.15) is 26.7 Å². The molecule has 12 nitrogen and oxygen atoms in total. The molecule has 0 N–H and O–H groups in total. The molecule has 0 fully saturated rings. The van der Waals surface area contributed by atoms with Gasteiger partial charge in [-0.05, 0) is 32.5 Å². The highest BCUT2D eigenvalue weighted by molar-refractivity contribution is 9.26. The van der Waals surface area contributed by atoms with Gasteiger partial charge < -0.3 is 53.1 Å². The standard InChI is InChI=1S/C18H46O12S4Si4/c1-15-17(35(19-3,20-4)21-5,36(22-6,23-7)24-8)31-33-34-32-18(16-2,37(25-9,26-10)27-11)38(28-12,29-13)30-14/h15-16H2,1-14H3. The van der Waals surface area contributed by atoms with Gasteiger partial charge in [0.2, 0.25) is 0 Å². The smallest absolute Gasteiger partial charge is 0.376 e. The molecule has 20 heteroatoms. The SMILES string of the molecule is CCC(SSSSC(CC)([Si](OC)(OC)OC)[Si](OC)(OC)OC)([Si](OC)(OC)OC)[Si](OC)(OC)OC. The first-order chi connectivity index (χ1) is 18.1. The molecule has 0 amide bonds. The summed E-state index contributed by atoms with van der Waals surface area (Å²) in [7, 11) is 10.8. The molecule has 0 rings (SSSR count). The van der Waals surface area contributed by atoms with Crippen LogP contribution in [0.5, 0.6) is 0 Å².